The van der Waals surface area contributed by atoms with Crippen LogP contribution >= 0.6 is 0 Å². The molecule has 0 atom stereocenters. The Balaban J connectivity index is 1.46. The summed E-state index contributed by atoms with van der Waals surface area (Å²) >= 11 is 0. The molecule has 0 aliphatic carbocycles. The van der Waals surface area contributed by atoms with Crippen LogP contribution in [0.5, 0.6) is 0 Å². The van der Waals surface area contributed by atoms with Crippen LogP contribution in [0.15, 0.2) is 73.1 Å². The Bertz CT molecular complexity index is 1000. The first-order valence-corrected chi connectivity index (χ1v) is 9.84. The van der Waals surface area contributed by atoms with E-state index in [4.69, 9.17) is 0 Å². The third-order valence-corrected chi connectivity index (χ3v) is 5.21. The SMILES string of the molecule is O=C(NCc1ccccc1-c1ccc(CN2CCCC2=O)cc1)c1ccncc1. The molecule has 1 aromatic heterocycles. The van der Waals surface area contributed by atoms with Gasteiger partial charge in [0.15, 0.2) is 0 Å². The molecule has 5 heteroatoms. The summed E-state index contributed by atoms with van der Waals surface area (Å²) < 4.78 is 0. The second-order valence-corrected chi connectivity index (χ2v) is 7.19. The zero-order valence-corrected chi connectivity index (χ0v) is 16.2. The van der Waals surface area contributed by atoms with Gasteiger partial charge < -0.3 is 10.2 Å². The highest BCUT2D eigenvalue weighted by Gasteiger charge is 2.19. The van der Waals surface area contributed by atoms with E-state index >= 15 is 0 Å². The highest BCUT2D eigenvalue weighted by molar-refractivity contribution is 5.94. The smallest absolute Gasteiger partial charge is 0.251 e. The molecule has 0 radical (unpaired) electrons. The van der Waals surface area contributed by atoms with E-state index in [1.807, 2.05) is 23.1 Å². The van der Waals surface area contributed by atoms with E-state index in [-0.39, 0.29) is 11.8 Å². The van der Waals surface area contributed by atoms with Crippen molar-refractivity contribution in [1.29, 1.82) is 0 Å². The van der Waals surface area contributed by atoms with Crippen LogP contribution in [0, 0.1) is 0 Å². The van der Waals surface area contributed by atoms with E-state index in [0.717, 1.165) is 35.2 Å². The fourth-order valence-corrected chi connectivity index (χ4v) is 3.62. The van der Waals surface area contributed by atoms with Crippen molar-refractivity contribution in [3.63, 3.8) is 0 Å². The second-order valence-electron chi connectivity index (χ2n) is 7.19. The maximum absolute atomic E-state index is 12.3. The van der Waals surface area contributed by atoms with E-state index in [1.165, 1.54) is 0 Å². The van der Waals surface area contributed by atoms with Crippen LogP contribution in [0.25, 0.3) is 11.1 Å². The molecule has 5 nitrogen and oxygen atoms in total. The van der Waals surface area contributed by atoms with Crippen molar-refractivity contribution in [2.75, 3.05) is 6.54 Å². The van der Waals surface area contributed by atoms with E-state index in [1.54, 1.807) is 24.5 Å². The van der Waals surface area contributed by atoms with E-state index in [0.29, 0.717) is 25.1 Å². The molecule has 0 spiro atoms. The monoisotopic (exact) mass is 385 g/mol. The first kappa shape index (κ1) is 18.9. The van der Waals surface area contributed by atoms with Gasteiger partial charge in [0.2, 0.25) is 5.91 Å². The summed E-state index contributed by atoms with van der Waals surface area (Å²) in [7, 11) is 0. The molecule has 1 saturated heterocycles. The van der Waals surface area contributed by atoms with Gasteiger partial charge in [0.1, 0.15) is 0 Å². The number of carbonyl (C=O) groups excluding carboxylic acids is 2. The van der Waals surface area contributed by atoms with Crippen molar-refractivity contribution in [2.24, 2.45) is 0 Å². The lowest BCUT2D eigenvalue weighted by Gasteiger charge is -2.16. The Hall–Kier alpha value is -3.47. The fraction of sp³-hybridized carbons (Fsp3) is 0.208. The van der Waals surface area contributed by atoms with Gasteiger partial charge in [-0.3, -0.25) is 14.6 Å². The number of benzene rings is 2. The maximum atomic E-state index is 12.3. The zero-order valence-electron chi connectivity index (χ0n) is 16.2. The van der Waals surface area contributed by atoms with Crippen molar-refractivity contribution in [1.82, 2.24) is 15.2 Å². The molecule has 2 amide bonds. The molecule has 1 N–H and O–H groups in total. The van der Waals surface area contributed by atoms with Gasteiger partial charge in [-0.25, -0.2) is 0 Å². The number of nitrogens with zero attached hydrogens (tertiary/aromatic N) is 2. The molecule has 0 bridgehead atoms. The summed E-state index contributed by atoms with van der Waals surface area (Å²) in [6.07, 6.45) is 4.84. The summed E-state index contributed by atoms with van der Waals surface area (Å²) in [6, 6.07) is 19.8. The van der Waals surface area contributed by atoms with Crippen LogP contribution in [0.3, 0.4) is 0 Å². The van der Waals surface area contributed by atoms with Crippen LogP contribution in [0.2, 0.25) is 0 Å². The van der Waals surface area contributed by atoms with Crippen LogP contribution in [-0.4, -0.2) is 28.2 Å². The lowest BCUT2D eigenvalue weighted by Crippen LogP contribution is -2.23. The number of rotatable bonds is 6. The van der Waals surface area contributed by atoms with Gasteiger partial charge in [-0.1, -0.05) is 48.5 Å². The van der Waals surface area contributed by atoms with Gasteiger partial charge in [0.25, 0.3) is 5.91 Å². The van der Waals surface area contributed by atoms with Gasteiger partial charge in [-0.15, -0.1) is 0 Å². The summed E-state index contributed by atoms with van der Waals surface area (Å²) in [5, 5.41) is 2.98. The molecular formula is C24H23N3O2. The number of pyridine rings is 1. The van der Waals surface area contributed by atoms with Crippen LogP contribution < -0.4 is 5.32 Å². The number of nitrogens with one attached hydrogen (secondary N) is 1. The van der Waals surface area contributed by atoms with Gasteiger partial charge in [-0.05, 0) is 40.8 Å². The summed E-state index contributed by atoms with van der Waals surface area (Å²) in [4.78, 5) is 30.0. The lowest BCUT2D eigenvalue weighted by molar-refractivity contribution is -0.128. The van der Waals surface area contributed by atoms with E-state index in [9.17, 15) is 9.59 Å². The molecule has 3 aromatic rings. The molecule has 1 fully saturated rings. The van der Waals surface area contributed by atoms with Gasteiger partial charge in [0.05, 0.1) is 0 Å². The van der Waals surface area contributed by atoms with Crippen molar-refractivity contribution < 1.29 is 9.59 Å². The number of hydrogen-bond acceptors (Lipinski definition) is 3. The van der Waals surface area contributed by atoms with Gasteiger partial charge in [-0.2, -0.15) is 0 Å². The predicted octanol–water partition coefficient (Wildman–Crippen LogP) is 3.80. The average Bonchev–Trinajstić information content (AvgIpc) is 3.18. The number of hydrogen-bond donors (Lipinski definition) is 1. The maximum Gasteiger partial charge on any atom is 0.251 e. The number of aromatic nitrogens is 1. The zero-order chi connectivity index (χ0) is 20.1. The standard InChI is InChI=1S/C24H23N3O2/c28-23-6-3-15-27(23)17-18-7-9-19(10-8-18)22-5-2-1-4-21(22)16-26-24(29)20-11-13-25-14-12-20/h1-2,4-5,7-14H,3,6,15-17H2,(H,26,29). The highest BCUT2D eigenvalue weighted by atomic mass is 16.2. The molecule has 2 heterocycles. The third kappa shape index (κ3) is 4.51. The summed E-state index contributed by atoms with van der Waals surface area (Å²) in [6.45, 7) is 1.96. The van der Waals surface area contributed by atoms with E-state index < -0.39 is 0 Å². The van der Waals surface area contributed by atoms with Crippen LogP contribution in [0.4, 0.5) is 0 Å². The molecule has 4 rings (SSSR count). The number of amides is 2. The highest BCUT2D eigenvalue weighted by Crippen LogP contribution is 2.25. The molecule has 146 valence electrons. The van der Waals surface area contributed by atoms with Crippen molar-refractivity contribution in [3.05, 3.63) is 89.7 Å². The normalized spacial score (nSPS) is 13.5. The molecular weight excluding hydrogens is 362 g/mol. The molecule has 0 saturated carbocycles. The number of likely N-dealkylation sites (tertiary alicyclic amines) is 1. The minimum atomic E-state index is -0.118. The van der Waals surface area contributed by atoms with E-state index in [2.05, 4.69) is 40.6 Å². The minimum absolute atomic E-state index is 0.118. The summed E-state index contributed by atoms with van der Waals surface area (Å²) in [5.74, 6) is 0.122. The van der Waals surface area contributed by atoms with Crippen LogP contribution in [-0.2, 0) is 17.9 Å². The molecule has 1 aliphatic heterocycles. The Labute approximate surface area is 170 Å². The van der Waals surface area contributed by atoms with Gasteiger partial charge >= 0.3 is 0 Å². The van der Waals surface area contributed by atoms with Crippen molar-refractivity contribution in [3.8, 4) is 11.1 Å². The van der Waals surface area contributed by atoms with Crippen LogP contribution in [0.1, 0.15) is 34.3 Å². The summed E-state index contributed by atoms with van der Waals surface area (Å²) in [5.41, 5.74) is 4.96. The quantitative estimate of drug-likeness (QED) is 0.702. The van der Waals surface area contributed by atoms with Crippen molar-refractivity contribution in [2.45, 2.75) is 25.9 Å². The molecule has 0 unspecified atom stereocenters. The van der Waals surface area contributed by atoms with Gasteiger partial charge in [0, 0.05) is 44.0 Å². The average molecular weight is 385 g/mol. The fourth-order valence-electron chi connectivity index (χ4n) is 3.62. The second kappa shape index (κ2) is 8.69. The molecule has 2 aromatic carbocycles. The molecule has 1 aliphatic rings. The Morgan fingerprint density at radius 3 is 2.48 bits per heavy atom. The first-order chi connectivity index (χ1) is 14.2. The lowest BCUT2D eigenvalue weighted by atomic mass is 9.98. The number of carbonyl (C=O) groups is 2. The topological polar surface area (TPSA) is 62.3 Å². The Kier molecular flexibility index (Phi) is 5.66. The van der Waals surface area contributed by atoms with Crippen molar-refractivity contribution >= 4 is 11.8 Å². The third-order valence-electron chi connectivity index (χ3n) is 5.21. The Morgan fingerprint density at radius 2 is 1.76 bits per heavy atom. The minimum Gasteiger partial charge on any atom is -0.348 e. The largest absolute Gasteiger partial charge is 0.348 e. The first-order valence-electron chi connectivity index (χ1n) is 9.84. The Morgan fingerprint density at radius 1 is 1.00 bits per heavy atom. The molecule has 29 heavy (non-hydrogen) atoms. The predicted molar refractivity (Wildman–Crippen MR) is 112 cm³/mol.